The molecule has 3 nitrogen and oxygen atoms in total. The lowest BCUT2D eigenvalue weighted by Crippen LogP contribution is -2.28. The van der Waals surface area contributed by atoms with Gasteiger partial charge in [-0.2, -0.15) is 0 Å². The molecule has 4 rings (SSSR count). The molecule has 0 aromatic heterocycles. The largest absolute Gasteiger partial charge is 0.457 e. The van der Waals surface area contributed by atoms with E-state index in [1.54, 1.807) is 0 Å². The molecule has 1 heterocycles. The Morgan fingerprint density at radius 2 is 1.55 bits per heavy atom. The molecule has 2 aromatic rings. The van der Waals surface area contributed by atoms with Crippen LogP contribution in [0.3, 0.4) is 0 Å². The van der Waals surface area contributed by atoms with E-state index in [4.69, 9.17) is 9.73 Å². The Morgan fingerprint density at radius 3 is 2.28 bits per heavy atom. The molecule has 0 bridgehead atoms. The molecule has 2 aromatic carbocycles. The SMILES string of the molecule is Cc1cc(Oc2ccc(C3CCCCC3)cc2)c(C)cc1N=CN1CCCCC1. The molecule has 1 aliphatic carbocycles. The minimum atomic E-state index is 0.735. The Morgan fingerprint density at radius 1 is 0.862 bits per heavy atom. The lowest BCUT2D eigenvalue weighted by molar-refractivity contribution is 0.351. The Kier molecular flexibility index (Phi) is 6.53. The van der Waals surface area contributed by atoms with E-state index in [-0.39, 0.29) is 0 Å². The van der Waals surface area contributed by atoms with Crippen LogP contribution in [0.4, 0.5) is 5.69 Å². The third-order valence-corrected chi connectivity index (χ3v) is 6.43. The van der Waals surface area contributed by atoms with Crippen LogP contribution >= 0.6 is 0 Å². The van der Waals surface area contributed by atoms with Gasteiger partial charge in [0.15, 0.2) is 0 Å². The fraction of sp³-hybridized carbons (Fsp3) is 0.500. The van der Waals surface area contributed by atoms with E-state index in [0.717, 1.165) is 47.3 Å². The molecule has 0 atom stereocenters. The van der Waals surface area contributed by atoms with E-state index in [9.17, 15) is 0 Å². The highest BCUT2D eigenvalue weighted by Crippen LogP contribution is 2.35. The highest BCUT2D eigenvalue weighted by Gasteiger charge is 2.15. The third kappa shape index (κ3) is 5.20. The number of nitrogens with zero attached hydrogens (tertiary/aromatic N) is 2. The van der Waals surface area contributed by atoms with Crippen LogP contribution in [0.2, 0.25) is 0 Å². The minimum Gasteiger partial charge on any atom is -0.457 e. The van der Waals surface area contributed by atoms with Crippen LogP contribution in [0.15, 0.2) is 41.4 Å². The summed E-state index contributed by atoms with van der Waals surface area (Å²) in [6, 6.07) is 13.0. The second kappa shape index (κ2) is 9.47. The Labute approximate surface area is 175 Å². The number of aliphatic imine (C=N–C) groups is 1. The summed E-state index contributed by atoms with van der Waals surface area (Å²) < 4.78 is 6.22. The molecule has 3 heteroatoms. The van der Waals surface area contributed by atoms with Crippen LogP contribution in [-0.2, 0) is 0 Å². The van der Waals surface area contributed by atoms with Gasteiger partial charge in [-0.3, -0.25) is 0 Å². The maximum atomic E-state index is 6.22. The van der Waals surface area contributed by atoms with Crippen LogP contribution in [-0.4, -0.2) is 24.3 Å². The van der Waals surface area contributed by atoms with Gasteiger partial charge in [-0.05, 0) is 92.8 Å². The predicted octanol–water partition coefficient (Wildman–Crippen LogP) is 7.29. The van der Waals surface area contributed by atoms with Crippen molar-refractivity contribution < 1.29 is 4.74 Å². The Bertz CT molecular complexity index is 829. The molecule has 0 amide bonds. The van der Waals surface area contributed by atoms with E-state index in [1.165, 1.54) is 56.9 Å². The number of ether oxygens (including phenoxy) is 1. The van der Waals surface area contributed by atoms with Gasteiger partial charge in [-0.1, -0.05) is 31.4 Å². The summed E-state index contributed by atoms with van der Waals surface area (Å²) in [6.45, 7) is 6.46. The lowest BCUT2D eigenvalue weighted by Gasteiger charge is -2.24. The summed E-state index contributed by atoms with van der Waals surface area (Å²) in [4.78, 5) is 7.08. The van der Waals surface area contributed by atoms with Gasteiger partial charge in [-0.15, -0.1) is 0 Å². The molecular formula is C26H34N2O. The van der Waals surface area contributed by atoms with Crippen LogP contribution < -0.4 is 4.74 Å². The first-order chi connectivity index (χ1) is 14.2. The van der Waals surface area contributed by atoms with E-state index in [1.807, 2.05) is 6.34 Å². The average molecular weight is 391 g/mol. The second-order valence-corrected chi connectivity index (χ2v) is 8.75. The zero-order valence-corrected chi connectivity index (χ0v) is 18.0. The molecule has 2 aliphatic rings. The van der Waals surface area contributed by atoms with Crippen LogP contribution in [0.25, 0.3) is 0 Å². The molecule has 29 heavy (non-hydrogen) atoms. The quantitative estimate of drug-likeness (QED) is 0.395. The maximum Gasteiger partial charge on any atom is 0.130 e. The first-order valence-electron chi connectivity index (χ1n) is 11.4. The summed E-state index contributed by atoms with van der Waals surface area (Å²) in [5.41, 5.74) is 4.77. The Hall–Kier alpha value is -2.29. The first-order valence-corrected chi connectivity index (χ1v) is 11.4. The van der Waals surface area contributed by atoms with Crippen molar-refractivity contribution in [2.24, 2.45) is 4.99 Å². The van der Waals surface area contributed by atoms with Gasteiger partial charge in [0.1, 0.15) is 11.5 Å². The van der Waals surface area contributed by atoms with Crippen molar-refractivity contribution >= 4 is 12.0 Å². The van der Waals surface area contributed by atoms with Gasteiger partial charge in [0, 0.05) is 13.1 Å². The number of aryl methyl sites for hydroxylation is 2. The van der Waals surface area contributed by atoms with Crippen molar-refractivity contribution in [1.29, 1.82) is 0 Å². The summed E-state index contributed by atoms with van der Waals surface area (Å²) >= 11 is 0. The fourth-order valence-electron chi connectivity index (χ4n) is 4.57. The van der Waals surface area contributed by atoms with Crippen molar-refractivity contribution in [3.05, 3.63) is 53.1 Å². The topological polar surface area (TPSA) is 24.8 Å². The highest BCUT2D eigenvalue weighted by molar-refractivity contribution is 5.65. The highest BCUT2D eigenvalue weighted by atomic mass is 16.5. The van der Waals surface area contributed by atoms with Crippen molar-refractivity contribution in [1.82, 2.24) is 4.90 Å². The molecular weight excluding hydrogens is 356 g/mol. The van der Waals surface area contributed by atoms with Crippen molar-refractivity contribution in [2.45, 2.75) is 71.1 Å². The predicted molar refractivity (Wildman–Crippen MR) is 122 cm³/mol. The van der Waals surface area contributed by atoms with E-state index >= 15 is 0 Å². The molecule has 1 saturated heterocycles. The summed E-state index contributed by atoms with van der Waals surface area (Å²) in [6.07, 6.45) is 12.7. The zero-order chi connectivity index (χ0) is 20.1. The standard InChI is InChI=1S/C26H34N2O/c1-20-18-26(21(2)17-25(20)27-19-28-15-7-4-8-16-28)29-24-13-11-23(12-14-24)22-9-5-3-6-10-22/h11-14,17-19,22H,3-10,15-16H2,1-2H3. The summed E-state index contributed by atoms with van der Waals surface area (Å²) in [5.74, 6) is 2.57. The van der Waals surface area contributed by atoms with E-state index in [2.05, 4.69) is 55.1 Å². The van der Waals surface area contributed by atoms with Gasteiger partial charge in [0.25, 0.3) is 0 Å². The molecule has 1 saturated carbocycles. The van der Waals surface area contributed by atoms with Gasteiger partial charge < -0.3 is 9.64 Å². The number of piperidine rings is 1. The van der Waals surface area contributed by atoms with Crippen molar-refractivity contribution in [2.75, 3.05) is 13.1 Å². The molecule has 0 radical (unpaired) electrons. The Balaban J connectivity index is 1.43. The third-order valence-electron chi connectivity index (χ3n) is 6.43. The lowest BCUT2D eigenvalue weighted by atomic mass is 9.84. The maximum absolute atomic E-state index is 6.22. The molecule has 0 unspecified atom stereocenters. The molecule has 1 aliphatic heterocycles. The minimum absolute atomic E-state index is 0.735. The fourth-order valence-corrected chi connectivity index (χ4v) is 4.57. The van der Waals surface area contributed by atoms with E-state index in [0.29, 0.717) is 0 Å². The molecule has 2 fully saturated rings. The first kappa shape index (κ1) is 20.0. The van der Waals surface area contributed by atoms with Crippen LogP contribution in [0.5, 0.6) is 11.5 Å². The number of hydrogen-bond acceptors (Lipinski definition) is 2. The summed E-state index contributed by atoms with van der Waals surface area (Å²) in [7, 11) is 0. The van der Waals surface area contributed by atoms with Crippen LogP contribution in [0, 0.1) is 13.8 Å². The number of hydrogen-bond donors (Lipinski definition) is 0. The van der Waals surface area contributed by atoms with Crippen molar-refractivity contribution in [3.63, 3.8) is 0 Å². The van der Waals surface area contributed by atoms with Gasteiger partial charge in [0.2, 0.25) is 0 Å². The van der Waals surface area contributed by atoms with Crippen molar-refractivity contribution in [3.8, 4) is 11.5 Å². The number of rotatable bonds is 5. The normalized spacial score (nSPS) is 18.3. The van der Waals surface area contributed by atoms with Crippen LogP contribution in [0.1, 0.15) is 74.0 Å². The molecule has 0 spiro atoms. The van der Waals surface area contributed by atoms with Gasteiger partial charge >= 0.3 is 0 Å². The second-order valence-electron chi connectivity index (χ2n) is 8.75. The zero-order valence-electron chi connectivity index (χ0n) is 18.0. The van der Waals surface area contributed by atoms with Gasteiger partial charge in [0.05, 0.1) is 12.0 Å². The molecule has 154 valence electrons. The number of likely N-dealkylation sites (tertiary alicyclic amines) is 1. The molecule has 0 N–H and O–H groups in total. The van der Waals surface area contributed by atoms with Gasteiger partial charge in [-0.25, -0.2) is 4.99 Å². The number of benzene rings is 2. The summed E-state index contributed by atoms with van der Waals surface area (Å²) in [5, 5.41) is 0. The monoisotopic (exact) mass is 390 g/mol. The van der Waals surface area contributed by atoms with E-state index < -0.39 is 0 Å². The smallest absolute Gasteiger partial charge is 0.130 e. The average Bonchev–Trinajstić information content (AvgIpc) is 2.77.